The second-order valence-corrected chi connectivity index (χ2v) is 10.9. The Morgan fingerprint density at radius 3 is 2.25 bits per heavy atom. The van der Waals surface area contributed by atoms with E-state index >= 15 is 0 Å². The van der Waals surface area contributed by atoms with Crippen LogP contribution < -0.4 is 10.6 Å². The standard InChI is InChI=1S/C26H33FN4O5/c1-15-12-16(8-9-18(15)27)28-22(33)17-13-19(21(32)23(34)29-25(2,3)4)31-11-10-30(14-20(17)31)24(35)36-26(5,6)7/h8-9,12-13H,10-11,14H2,1-7H3,(H,28,33)(H,29,34). The molecule has 0 radical (unpaired) electrons. The molecule has 0 fully saturated rings. The van der Waals surface area contributed by atoms with Gasteiger partial charge in [0, 0.05) is 24.3 Å². The minimum atomic E-state index is -0.793. The molecule has 2 N–H and O–H groups in total. The zero-order chi connectivity index (χ0) is 27.0. The predicted molar refractivity (Wildman–Crippen MR) is 132 cm³/mol. The molecule has 9 nitrogen and oxygen atoms in total. The number of carbonyl (C=O) groups excluding carboxylic acids is 4. The number of amides is 3. The van der Waals surface area contributed by atoms with E-state index in [1.165, 1.54) is 29.2 Å². The molecule has 1 aliphatic heterocycles. The number of hydrogen-bond donors (Lipinski definition) is 2. The van der Waals surface area contributed by atoms with Gasteiger partial charge in [-0.3, -0.25) is 14.4 Å². The number of halogens is 1. The first-order chi connectivity index (χ1) is 16.6. The van der Waals surface area contributed by atoms with Gasteiger partial charge in [0.2, 0.25) is 0 Å². The number of ketones is 1. The van der Waals surface area contributed by atoms with E-state index in [1.54, 1.807) is 53.0 Å². The quantitative estimate of drug-likeness (QED) is 0.487. The number of benzene rings is 1. The fourth-order valence-electron chi connectivity index (χ4n) is 3.80. The van der Waals surface area contributed by atoms with E-state index in [-0.39, 0.29) is 30.9 Å². The number of ether oxygens (including phenoxy) is 1. The average Bonchev–Trinajstić information content (AvgIpc) is 3.12. The van der Waals surface area contributed by atoms with Crippen LogP contribution in [0.3, 0.4) is 0 Å². The summed E-state index contributed by atoms with van der Waals surface area (Å²) >= 11 is 0. The van der Waals surface area contributed by atoms with Crippen LogP contribution in [0.5, 0.6) is 0 Å². The monoisotopic (exact) mass is 500 g/mol. The second-order valence-electron chi connectivity index (χ2n) is 10.9. The molecule has 1 aromatic heterocycles. The molecule has 10 heteroatoms. The van der Waals surface area contributed by atoms with E-state index in [9.17, 15) is 23.6 Å². The number of anilines is 1. The Morgan fingerprint density at radius 2 is 1.67 bits per heavy atom. The Kier molecular flexibility index (Phi) is 7.29. The van der Waals surface area contributed by atoms with Crippen LogP contribution in [-0.4, -0.2) is 50.8 Å². The van der Waals surface area contributed by atoms with E-state index < -0.39 is 40.6 Å². The van der Waals surface area contributed by atoms with Crippen molar-refractivity contribution in [2.24, 2.45) is 0 Å². The predicted octanol–water partition coefficient (Wildman–Crippen LogP) is 4.04. The molecule has 194 valence electrons. The van der Waals surface area contributed by atoms with E-state index in [1.807, 2.05) is 0 Å². The Hall–Kier alpha value is -3.69. The normalized spacial score (nSPS) is 13.6. The third-order valence-electron chi connectivity index (χ3n) is 5.38. The lowest BCUT2D eigenvalue weighted by Gasteiger charge is -2.32. The Balaban J connectivity index is 1.98. The highest BCUT2D eigenvalue weighted by Gasteiger charge is 2.34. The van der Waals surface area contributed by atoms with Crippen molar-refractivity contribution in [3.63, 3.8) is 0 Å². The number of fused-ring (bicyclic) bond motifs is 1. The van der Waals surface area contributed by atoms with Crippen LogP contribution in [0.2, 0.25) is 0 Å². The van der Waals surface area contributed by atoms with Crippen LogP contribution in [0.1, 0.15) is 73.6 Å². The SMILES string of the molecule is Cc1cc(NC(=O)c2cc(C(=O)C(=O)NC(C)(C)C)n3c2CN(C(=O)OC(C)(C)C)CC3)ccc1F. The zero-order valence-corrected chi connectivity index (χ0v) is 21.7. The molecule has 0 spiro atoms. The number of carbonyl (C=O) groups is 4. The molecule has 3 amide bonds. The molecular formula is C26H33FN4O5. The van der Waals surface area contributed by atoms with Gasteiger partial charge in [-0.2, -0.15) is 0 Å². The lowest BCUT2D eigenvalue weighted by molar-refractivity contribution is -0.118. The summed E-state index contributed by atoms with van der Waals surface area (Å²) in [6, 6.07) is 5.53. The topological polar surface area (TPSA) is 110 Å². The summed E-state index contributed by atoms with van der Waals surface area (Å²) in [4.78, 5) is 53.1. The van der Waals surface area contributed by atoms with E-state index in [0.29, 0.717) is 16.9 Å². The van der Waals surface area contributed by atoms with Crippen molar-refractivity contribution in [1.29, 1.82) is 0 Å². The van der Waals surface area contributed by atoms with E-state index in [4.69, 9.17) is 4.74 Å². The molecule has 1 aliphatic rings. The number of nitrogens with one attached hydrogen (secondary N) is 2. The first kappa shape index (κ1) is 26.9. The Labute approximate surface area is 210 Å². The molecule has 0 saturated carbocycles. The fraction of sp³-hybridized carbons (Fsp3) is 0.462. The first-order valence-electron chi connectivity index (χ1n) is 11.7. The summed E-state index contributed by atoms with van der Waals surface area (Å²) in [5.74, 6) is -2.53. The molecule has 0 unspecified atom stereocenters. The Morgan fingerprint density at radius 1 is 1.00 bits per heavy atom. The summed E-state index contributed by atoms with van der Waals surface area (Å²) in [6.07, 6.45) is -0.547. The first-order valence-corrected chi connectivity index (χ1v) is 11.7. The fourth-order valence-corrected chi connectivity index (χ4v) is 3.80. The van der Waals surface area contributed by atoms with Gasteiger partial charge in [-0.15, -0.1) is 0 Å². The number of nitrogens with zero attached hydrogens (tertiary/aromatic N) is 2. The summed E-state index contributed by atoms with van der Waals surface area (Å²) in [5.41, 5.74) is -0.0141. The Bertz CT molecular complexity index is 1220. The smallest absolute Gasteiger partial charge is 0.410 e. The van der Waals surface area contributed by atoms with Crippen molar-refractivity contribution in [2.75, 3.05) is 11.9 Å². The molecule has 0 saturated heterocycles. The van der Waals surface area contributed by atoms with Gasteiger partial charge in [-0.1, -0.05) is 0 Å². The molecule has 2 aromatic rings. The van der Waals surface area contributed by atoms with Crippen molar-refractivity contribution in [1.82, 2.24) is 14.8 Å². The van der Waals surface area contributed by atoms with Crippen LogP contribution in [-0.2, 0) is 22.6 Å². The van der Waals surface area contributed by atoms with Gasteiger partial charge in [0.15, 0.2) is 0 Å². The van der Waals surface area contributed by atoms with Crippen molar-refractivity contribution in [3.05, 3.63) is 52.6 Å². The second kappa shape index (κ2) is 9.75. The minimum Gasteiger partial charge on any atom is -0.444 e. The average molecular weight is 501 g/mol. The van der Waals surface area contributed by atoms with Gasteiger partial charge in [-0.25, -0.2) is 9.18 Å². The molecular weight excluding hydrogens is 467 g/mol. The van der Waals surface area contributed by atoms with Crippen molar-refractivity contribution in [2.45, 2.75) is 72.7 Å². The highest BCUT2D eigenvalue weighted by atomic mass is 19.1. The number of aromatic nitrogens is 1. The maximum atomic E-state index is 13.7. The third-order valence-corrected chi connectivity index (χ3v) is 5.38. The van der Waals surface area contributed by atoms with E-state index in [0.717, 1.165) is 0 Å². The highest BCUT2D eigenvalue weighted by molar-refractivity contribution is 6.42. The molecule has 0 atom stereocenters. The zero-order valence-electron chi connectivity index (χ0n) is 21.7. The van der Waals surface area contributed by atoms with Crippen LogP contribution in [0.25, 0.3) is 0 Å². The van der Waals surface area contributed by atoms with Gasteiger partial charge in [0.1, 0.15) is 11.4 Å². The largest absolute Gasteiger partial charge is 0.444 e. The number of Topliss-reactive ketones (excluding diaryl/α,β-unsaturated/α-hetero) is 1. The maximum Gasteiger partial charge on any atom is 0.410 e. The molecule has 36 heavy (non-hydrogen) atoms. The highest BCUT2D eigenvalue weighted by Crippen LogP contribution is 2.26. The molecule has 2 heterocycles. The van der Waals surface area contributed by atoms with Crippen LogP contribution >= 0.6 is 0 Å². The van der Waals surface area contributed by atoms with Crippen molar-refractivity contribution < 1.29 is 28.3 Å². The van der Waals surface area contributed by atoms with Crippen LogP contribution in [0.15, 0.2) is 24.3 Å². The minimum absolute atomic E-state index is 0.00822. The molecule has 0 bridgehead atoms. The molecule has 3 rings (SSSR count). The third kappa shape index (κ3) is 6.30. The van der Waals surface area contributed by atoms with Gasteiger partial charge >= 0.3 is 6.09 Å². The lowest BCUT2D eigenvalue weighted by atomic mass is 10.1. The number of aryl methyl sites for hydroxylation is 1. The van der Waals surface area contributed by atoms with Gasteiger partial charge in [-0.05, 0) is 78.3 Å². The van der Waals surface area contributed by atoms with Crippen LogP contribution in [0.4, 0.5) is 14.9 Å². The maximum absolute atomic E-state index is 13.7. The van der Waals surface area contributed by atoms with Crippen molar-refractivity contribution in [3.8, 4) is 0 Å². The summed E-state index contributed by atoms with van der Waals surface area (Å²) in [5, 5.41) is 5.36. The van der Waals surface area contributed by atoms with Crippen molar-refractivity contribution >= 4 is 29.4 Å². The molecule has 1 aromatic carbocycles. The van der Waals surface area contributed by atoms with Gasteiger partial charge < -0.3 is 24.8 Å². The summed E-state index contributed by atoms with van der Waals surface area (Å²) in [6.45, 7) is 12.6. The lowest BCUT2D eigenvalue weighted by Crippen LogP contribution is -2.45. The number of rotatable bonds is 4. The van der Waals surface area contributed by atoms with Gasteiger partial charge in [0.25, 0.3) is 17.6 Å². The van der Waals surface area contributed by atoms with Crippen LogP contribution in [0, 0.1) is 12.7 Å². The number of hydrogen-bond acceptors (Lipinski definition) is 5. The molecule has 0 aliphatic carbocycles. The summed E-state index contributed by atoms with van der Waals surface area (Å²) in [7, 11) is 0. The van der Waals surface area contributed by atoms with E-state index in [2.05, 4.69) is 10.6 Å². The summed E-state index contributed by atoms with van der Waals surface area (Å²) < 4.78 is 20.7. The van der Waals surface area contributed by atoms with Gasteiger partial charge in [0.05, 0.1) is 23.5 Å².